The molecule has 2 atom stereocenters. The Bertz CT molecular complexity index is 692. The lowest BCUT2D eigenvalue weighted by atomic mass is 10.1. The average Bonchev–Trinajstić information content (AvgIpc) is 2.96. The van der Waals surface area contributed by atoms with Crippen LogP contribution in [0.15, 0.2) is 29.2 Å². The monoisotopic (exact) mass is 389 g/mol. The SMILES string of the molecule is CCN(CC)S(=O)(=O)c1cccc(C(=O)N2CC(CN)CC2C)c1.Cl. The van der Waals surface area contributed by atoms with Crippen molar-refractivity contribution in [1.29, 1.82) is 0 Å². The van der Waals surface area contributed by atoms with Gasteiger partial charge in [0.15, 0.2) is 0 Å². The summed E-state index contributed by atoms with van der Waals surface area (Å²) < 4.78 is 26.7. The van der Waals surface area contributed by atoms with Crippen molar-refractivity contribution in [2.45, 2.75) is 38.1 Å². The van der Waals surface area contributed by atoms with Crippen LogP contribution in [0.2, 0.25) is 0 Å². The van der Waals surface area contributed by atoms with Crippen molar-refractivity contribution in [2.75, 3.05) is 26.2 Å². The van der Waals surface area contributed by atoms with E-state index in [0.29, 0.717) is 37.7 Å². The van der Waals surface area contributed by atoms with Crippen molar-refractivity contribution < 1.29 is 13.2 Å². The first-order chi connectivity index (χ1) is 11.3. The molecule has 1 saturated heterocycles. The molecule has 1 fully saturated rings. The highest BCUT2D eigenvalue weighted by Crippen LogP contribution is 2.25. The minimum Gasteiger partial charge on any atom is -0.336 e. The molecule has 0 spiro atoms. The molecule has 1 aliphatic rings. The number of hydrogen-bond acceptors (Lipinski definition) is 4. The zero-order valence-corrected chi connectivity index (χ0v) is 16.6. The van der Waals surface area contributed by atoms with Gasteiger partial charge < -0.3 is 10.6 Å². The van der Waals surface area contributed by atoms with E-state index in [0.717, 1.165) is 6.42 Å². The number of halogens is 1. The zero-order valence-electron chi connectivity index (χ0n) is 15.0. The molecule has 2 unspecified atom stereocenters. The van der Waals surface area contributed by atoms with Crippen LogP contribution in [0.4, 0.5) is 0 Å². The largest absolute Gasteiger partial charge is 0.336 e. The van der Waals surface area contributed by atoms with Crippen LogP contribution in [0.25, 0.3) is 0 Å². The van der Waals surface area contributed by atoms with Gasteiger partial charge in [0.2, 0.25) is 10.0 Å². The molecule has 25 heavy (non-hydrogen) atoms. The summed E-state index contributed by atoms with van der Waals surface area (Å²) in [6.45, 7) is 7.60. The summed E-state index contributed by atoms with van der Waals surface area (Å²) in [5.41, 5.74) is 6.13. The van der Waals surface area contributed by atoms with Crippen LogP contribution in [-0.2, 0) is 10.0 Å². The molecule has 1 aromatic rings. The molecule has 2 N–H and O–H groups in total. The van der Waals surface area contributed by atoms with Crippen LogP contribution in [0, 0.1) is 5.92 Å². The quantitative estimate of drug-likeness (QED) is 0.805. The molecule has 0 radical (unpaired) electrons. The molecule has 142 valence electrons. The van der Waals surface area contributed by atoms with Gasteiger partial charge in [0.25, 0.3) is 5.91 Å². The summed E-state index contributed by atoms with van der Waals surface area (Å²) in [4.78, 5) is 14.7. The summed E-state index contributed by atoms with van der Waals surface area (Å²) >= 11 is 0. The van der Waals surface area contributed by atoms with E-state index in [-0.39, 0.29) is 29.3 Å². The van der Waals surface area contributed by atoms with Crippen molar-refractivity contribution in [2.24, 2.45) is 11.7 Å². The van der Waals surface area contributed by atoms with Crippen LogP contribution < -0.4 is 5.73 Å². The second-order valence-corrected chi connectivity index (χ2v) is 8.20. The number of amides is 1. The summed E-state index contributed by atoms with van der Waals surface area (Å²) in [7, 11) is -3.57. The topological polar surface area (TPSA) is 83.7 Å². The summed E-state index contributed by atoms with van der Waals surface area (Å²) in [6.07, 6.45) is 0.889. The molecule has 2 rings (SSSR count). The number of carbonyl (C=O) groups excluding carboxylic acids is 1. The number of nitrogens with zero attached hydrogens (tertiary/aromatic N) is 2. The number of nitrogens with two attached hydrogens (primary N) is 1. The second kappa shape index (κ2) is 8.98. The Morgan fingerprint density at radius 1 is 1.32 bits per heavy atom. The highest BCUT2D eigenvalue weighted by molar-refractivity contribution is 7.89. The number of benzene rings is 1. The van der Waals surface area contributed by atoms with Crippen LogP contribution in [0.3, 0.4) is 0 Å². The number of likely N-dealkylation sites (tertiary alicyclic amines) is 1. The van der Waals surface area contributed by atoms with Crippen LogP contribution in [0.1, 0.15) is 37.6 Å². The fourth-order valence-electron chi connectivity index (χ4n) is 3.26. The van der Waals surface area contributed by atoms with E-state index < -0.39 is 10.0 Å². The van der Waals surface area contributed by atoms with E-state index in [2.05, 4.69) is 0 Å². The number of rotatable bonds is 6. The van der Waals surface area contributed by atoms with Crippen molar-refractivity contribution >= 4 is 28.3 Å². The Kier molecular flexibility index (Phi) is 7.87. The molecule has 1 heterocycles. The molecule has 1 aliphatic heterocycles. The van der Waals surface area contributed by atoms with Crippen LogP contribution in [-0.4, -0.2) is 55.8 Å². The average molecular weight is 390 g/mol. The maximum atomic E-state index is 12.8. The molecule has 6 nitrogen and oxygen atoms in total. The van der Waals surface area contributed by atoms with E-state index >= 15 is 0 Å². The summed E-state index contributed by atoms with van der Waals surface area (Å²) in [5.74, 6) is 0.182. The van der Waals surface area contributed by atoms with Crippen molar-refractivity contribution in [3.05, 3.63) is 29.8 Å². The maximum absolute atomic E-state index is 12.8. The van der Waals surface area contributed by atoms with Gasteiger partial charge in [-0.3, -0.25) is 4.79 Å². The van der Waals surface area contributed by atoms with Gasteiger partial charge in [-0.25, -0.2) is 8.42 Å². The first kappa shape index (κ1) is 21.9. The lowest BCUT2D eigenvalue weighted by molar-refractivity contribution is 0.0743. The van der Waals surface area contributed by atoms with Gasteiger partial charge in [-0.15, -0.1) is 12.4 Å². The molecule has 1 aromatic carbocycles. The summed E-state index contributed by atoms with van der Waals surface area (Å²) in [5, 5.41) is 0. The number of carbonyl (C=O) groups is 1. The predicted molar refractivity (Wildman–Crippen MR) is 101 cm³/mol. The van der Waals surface area contributed by atoms with Gasteiger partial charge >= 0.3 is 0 Å². The zero-order chi connectivity index (χ0) is 17.9. The fraction of sp³-hybridized carbons (Fsp3) is 0.588. The second-order valence-electron chi connectivity index (χ2n) is 6.26. The van der Waals surface area contributed by atoms with Crippen LogP contribution >= 0.6 is 12.4 Å². The Labute approximate surface area is 156 Å². The Hall–Kier alpha value is -1.15. The van der Waals surface area contributed by atoms with Gasteiger partial charge in [-0.2, -0.15) is 4.31 Å². The highest BCUT2D eigenvalue weighted by Gasteiger charge is 2.32. The van der Waals surface area contributed by atoms with Crippen molar-refractivity contribution in [1.82, 2.24) is 9.21 Å². The van der Waals surface area contributed by atoms with Gasteiger partial charge in [-0.1, -0.05) is 19.9 Å². The molecule has 0 bridgehead atoms. The van der Waals surface area contributed by atoms with Gasteiger partial charge in [0.05, 0.1) is 4.90 Å². The van der Waals surface area contributed by atoms with Gasteiger partial charge in [0, 0.05) is 31.2 Å². The van der Waals surface area contributed by atoms with Crippen molar-refractivity contribution in [3.8, 4) is 0 Å². The summed E-state index contributed by atoms with van der Waals surface area (Å²) in [6, 6.07) is 6.45. The third-order valence-electron chi connectivity index (χ3n) is 4.68. The van der Waals surface area contributed by atoms with Gasteiger partial charge in [0.1, 0.15) is 0 Å². The molecular weight excluding hydrogens is 362 g/mol. The third kappa shape index (κ3) is 4.53. The normalized spacial score (nSPS) is 20.6. The molecule has 8 heteroatoms. The van der Waals surface area contributed by atoms with Crippen LogP contribution in [0.5, 0.6) is 0 Å². The van der Waals surface area contributed by atoms with Gasteiger partial charge in [-0.05, 0) is 44.0 Å². The molecular formula is C17H28ClN3O3S. The predicted octanol–water partition coefficient (Wildman–Crippen LogP) is 1.95. The highest BCUT2D eigenvalue weighted by atomic mass is 35.5. The first-order valence-electron chi connectivity index (χ1n) is 8.46. The Morgan fingerprint density at radius 3 is 2.48 bits per heavy atom. The van der Waals surface area contributed by atoms with E-state index in [1.54, 1.807) is 36.9 Å². The first-order valence-corrected chi connectivity index (χ1v) is 9.90. The van der Waals surface area contributed by atoms with E-state index in [4.69, 9.17) is 5.73 Å². The molecule has 0 saturated carbocycles. The molecule has 0 aromatic heterocycles. The Balaban J connectivity index is 0.00000312. The number of hydrogen-bond donors (Lipinski definition) is 1. The van der Waals surface area contributed by atoms with E-state index in [9.17, 15) is 13.2 Å². The minimum absolute atomic E-state index is 0. The lowest BCUT2D eigenvalue weighted by Crippen LogP contribution is -2.35. The molecule has 1 amide bonds. The maximum Gasteiger partial charge on any atom is 0.254 e. The minimum atomic E-state index is -3.57. The number of sulfonamides is 1. The molecule has 0 aliphatic carbocycles. The standard InChI is InChI=1S/C17H27N3O3S.ClH/c1-4-19(5-2)24(22,23)16-8-6-7-15(10-16)17(21)20-12-14(11-18)9-13(20)3;/h6-8,10,13-14H,4-5,9,11-12,18H2,1-3H3;1H. The Morgan fingerprint density at radius 2 is 1.96 bits per heavy atom. The smallest absolute Gasteiger partial charge is 0.254 e. The third-order valence-corrected chi connectivity index (χ3v) is 6.73. The lowest BCUT2D eigenvalue weighted by Gasteiger charge is -2.22. The fourth-order valence-corrected chi connectivity index (χ4v) is 4.77. The van der Waals surface area contributed by atoms with Crippen molar-refractivity contribution in [3.63, 3.8) is 0 Å². The van der Waals surface area contributed by atoms with E-state index in [1.165, 1.54) is 10.4 Å². The van der Waals surface area contributed by atoms with E-state index in [1.807, 2.05) is 6.92 Å².